The number of nitro groups is 1. The first kappa shape index (κ1) is 17.7. The summed E-state index contributed by atoms with van der Waals surface area (Å²) in [6.45, 7) is 2.21. The normalized spacial score (nSPS) is 19.5. The van der Waals surface area contributed by atoms with Crippen LogP contribution in [0.25, 0.3) is 0 Å². The minimum absolute atomic E-state index is 0.0356. The molecule has 1 heterocycles. The molecule has 0 bridgehead atoms. The van der Waals surface area contributed by atoms with E-state index >= 15 is 0 Å². The van der Waals surface area contributed by atoms with Gasteiger partial charge in [-0.1, -0.05) is 18.5 Å². The lowest BCUT2D eigenvalue weighted by Crippen LogP contribution is -2.41. The average Bonchev–Trinajstić information content (AvgIpc) is 2.83. The van der Waals surface area contributed by atoms with Crippen LogP contribution >= 0.6 is 11.6 Å². The largest absolute Gasteiger partial charge is 0.334 e. The lowest BCUT2D eigenvalue weighted by Gasteiger charge is -2.27. The zero-order chi connectivity index (χ0) is 17.2. The van der Waals surface area contributed by atoms with Gasteiger partial charge in [0.05, 0.1) is 16.4 Å². The van der Waals surface area contributed by atoms with E-state index in [4.69, 9.17) is 11.6 Å². The summed E-state index contributed by atoms with van der Waals surface area (Å²) in [5.41, 5.74) is -0.443. The molecule has 1 saturated heterocycles. The minimum Gasteiger partial charge on any atom is -0.334 e. The topological polar surface area (TPSA) is 97.6 Å². The third-order valence-electron chi connectivity index (χ3n) is 3.76. The Morgan fingerprint density at radius 1 is 1.48 bits per heavy atom. The van der Waals surface area contributed by atoms with Gasteiger partial charge in [-0.2, -0.15) is 0 Å². The number of hydrogen-bond acceptors (Lipinski definition) is 5. The maximum atomic E-state index is 12.8. The lowest BCUT2D eigenvalue weighted by atomic mass is 10.1. The Labute approximate surface area is 139 Å². The molecule has 1 atom stereocenters. The second-order valence-corrected chi connectivity index (χ2v) is 8.14. The fourth-order valence-corrected chi connectivity index (χ4v) is 4.60. The van der Waals surface area contributed by atoms with Crippen LogP contribution in [0.4, 0.5) is 5.69 Å². The molecule has 9 heteroatoms. The predicted molar refractivity (Wildman–Crippen MR) is 86.5 cm³/mol. The van der Waals surface area contributed by atoms with Gasteiger partial charge in [-0.05, 0) is 25.0 Å². The molecule has 23 heavy (non-hydrogen) atoms. The molecule has 1 amide bonds. The quantitative estimate of drug-likeness (QED) is 0.592. The van der Waals surface area contributed by atoms with Crippen LogP contribution in [-0.4, -0.2) is 48.2 Å². The van der Waals surface area contributed by atoms with E-state index in [2.05, 4.69) is 0 Å². The van der Waals surface area contributed by atoms with E-state index < -0.39 is 26.7 Å². The summed E-state index contributed by atoms with van der Waals surface area (Å²) in [6.07, 6.45) is 0.985. The lowest BCUT2D eigenvalue weighted by molar-refractivity contribution is -0.385. The standard InChI is InChI=1S/C14H17ClN2O5S/c1-2-6-16(11-5-7-23(21,22)9-11)14(18)12-4-3-10(15)8-13(12)17(19)20/h3-4,8,11H,2,5-7,9H2,1H3. The van der Waals surface area contributed by atoms with E-state index in [9.17, 15) is 23.3 Å². The molecule has 1 aliphatic rings. The van der Waals surface area contributed by atoms with Crippen LogP contribution in [0.1, 0.15) is 30.1 Å². The Hall–Kier alpha value is -1.67. The van der Waals surface area contributed by atoms with Crippen molar-refractivity contribution in [2.75, 3.05) is 18.1 Å². The number of carbonyl (C=O) groups excluding carboxylic acids is 1. The van der Waals surface area contributed by atoms with Gasteiger partial charge in [0, 0.05) is 23.7 Å². The number of nitrogens with zero attached hydrogens (tertiary/aromatic N) is 2. The minimum atomic E-state index is -3.16. The van der Waals surface area contributed by atoms with Gasteiger partial charge < -0.3 is 4.90 Å². The number of hydrogen-bond donors (Lipinski definition) is 0. The van der Waals surface area contributed by atoms with Gasteiger partial charge in [-0.3, -0.25) is 14.9 Å². The van der Waals surface area contributed by atoms with E-state index in [1.54, 1.807) is 0 Å². The molecule has 126 valence electrons. The summed E-state index contributed by atoms with van der Waals surface area (Å²) >= 11 is 5.76. The van der Waals surface area contributed by atoms with Crippen LogP contribution in [-0.2, 0) is 9.84 Å². The Balaban J connectivity index is 2.37. The molecule has 0 saturated carbocycles. The van der Waals surface area contributed by atoms with Gasteiger partial charge in [0.2, 0.25) is 0 Å². The van der Waals surface area contributed by atoms with Crippen molar-refractivity contribution in [2.24, 2.45) is 0 Å². The molecule has 0 N–H and O–H groups in total. The summed E-state index contributed by atoms with van der Waals surface area (Å²) in [5, 5.41) is 11.3. The first-order chi connectivity index (χ1) is 10.7. The predicted octanol–water partition coefficient (Wildman–Crippen LogP) is 2.29. The zero-order valence-corrected chi connectivity index (χ0v) is 14.1. The van der Waals surface area contributed by atoms with Crippen molar-refractivity contribution in [3.8, 4) is 0 Å². The van der Waals surface area contributed by atoms with Crippen LogP contribution in [0.15, 0.2) is 18.2 Å². The van der Waals surface area contributed by atoms with Crippen molar-refractivity contribution in [2.45, 2.75) is 25.8 Å². The molecule has 7 nitrogen and oxygen atoms in total. The Bertz CT molecular complexity index is 735. The number of carbonyl (C=O) groups is 1. The van der Waals surface area contributed by atoms with Crippen LogP contribution < -0.4 is 0 Å². The summed E-state index contributed by atoms with van der Waals surface area (Å²) in [4.78, 5) is 24.7. The second kappa shape index (κ2) is 6.84. The summed E-state index contributed by atoms with van der Waals surface area (Å²) in [5.74, 6) is -0.592. The molecule has 0 aliphatic carbocycles. The highest BCUT2D eigenvalue weighted by molar-refractivity contribution is 7.91. The highest BCUT2D eigenvalue weighted by Crippen LogP contribution is 2.27. The zero-order valence-electron chi connectivity index (χ0n) is 12.6. The van der Waals surface area contributed by atoms with Crippen LogP contribution in [0, 0.1) is 10.1 Å². The molecular weight excluding hydrogens is 344 g/mol. The van der Waals surface area contributed by atoms with Gasteiger partial charge in [0.25, 0.3) is 11.6 Å². The van der Waals surface area contributed by atoms with Gasteiger partial charge in [0.1, 0.15) is 5.56 Å². The van der Waals surface area contributed by atoms with Crippen molar-refractivity contribution < 1.29 is 18.1 Å². The maximum absolute atomic E-state index is 12.8. The van der Waals surface area contributed by atoms with E-state index in [0.29, 0.717) is 19.4 Å². The average molecular weight is 361 g/mol. The maximum Gasteiger partial charge on any atom is 0.283 e. The molecule has 1 aliphatic heterocycles. The summed E-state index contributed by atoms with van der Waals surface area (Å²) in [7, 11) is -3.16. The Morgan fingerprint density at radius 3 is 2.70 bits per heavy atom. The van der Waals surface area contributed by atoms with Crippen molar-refractivity contribution in [1.29, 1.82) is 0 Å². The number of halogens is 1. The summed E-state index contributed by atoms with van der Waals surface area (Å²) in [6, 6.07) is 3.42. The first-order valence-corrected chi connectivity index (χ1v) is 9.40. The summed E-state index contributed by atoms with van der Waals surface area (Å²) < 4.78 is 23.3. The fourth-order valence-electron chi connectivity index (χ4n) is 2.70. The molecular formula is C14H17ClN2O5S. The number of sulfone groups is 1. The van der Waals surface area contributed by atoms with Crippen LogP contribution in [0.2, 0.25) is 5.02 Å². The SMILES string of the molecule is CCCN(C(=O)c1ccc(Cl)cc1[N+](=O)[O-])C1CCS(=O)(=O)C1. The molecule has 1 aromatic carbocycles. The number of benzene rings is 1. The molecule has 0 radical (unpaired) electrons. The van der Waals surface area contributed by atoms with E-state index in [1.165, 1.54) is 17.0 Å². The fraction of sp³-hybridized carbons (Fsp3) is 0.500. The smallest absolute Gasteiger partial charge is 0.283 e. The van der Waals surface area contributed by atoms with Gasteiger partial charge in [0.15, 0.2) is 9.84 Å². The van der Waals surface area contributed by atoms with Crippen molar-refractivity contribution >= 4 is 33.0 Å². The number of nitro benzene ring substituents is 1. The molecule has 0 spiro atoms. The number of rotatable bonds is 5. The Kier molecular flexibility index (Phi) is 5.26. The first-order valence-electron chi connectivity index (χ1n) is 7.20. The molecule has 1 fully saturated rings. The second-order valence-electron chi connectivity index (χ2n) is 5.47. The van der Waals surface area contributed by atoms with E-state index in [0.717, 1.165) is 6.07 Å². The Morgan fingerprint density at radius 2 is 2.17 bits per heavy atom. The molecule has 0 aromatic heterocycles. The third-order valence-corrected chi connectivity index (χ3v) is 5.75. The van der Waals surface area contributed by atoms with Crippen molar-refractivity contribution in [1.82, 2.24) is 4.90 Å². The molecule has 2 rings (SSSR count). The highest BCUT2D eigenvalue weighted by Gasteiger charge is 2.36. The monoisotopic (exact) mass is 360 g/mol. The van der Waals surface area contributed by atoms with Gasteiger partial charge in [-0.25, -0.2) is 8.42 Å². The number of amides is 1. The van der Waals surface area contributed by atoms with Gasteiger partial charge in [-0.15, -0.1) is 0 Å². The van der Waals surface area contributed by atoms with Crippen molar-refractivity contribution in [3.63, 3.8) is 0 Å². The van der Waals surface area contributed by atoms with Crippen LogP contribution in [0.3, 0.4) is 0 Å². The third kappa shape index (κ3) is 4.00. The van der Waals surface area contributed by atoms with E-state index in [-0.39, 0.29) is 27.8 Å². The molecule has 1 aromatic rings. The van der Waals surface area contributed by atoms with Crippen LogP contribution in [0.5, 0.6) is 0 Å². The van der Waals surface area contributed by atoms with Gasteiger partial charge >= 0.3 is 0 Å². The molecule has 1 unspecified atom stereocenters. The van der Waals surface area contributed by atoms with E-state index in [1.807, 2.05) is 6.92 Å². The highest BCUT2D eigenvalue weighted by atomic mass is 35.5. The van der Waals surface area contributed by atoms with Crippen molar-refractivity contribution in [3.05, 3.63) is 38.9 Å².